The van der Waals surface area contributed by atoms with Crippen LogP contribution in [0.4, 0.5) is 0 Å². The van der Waals surface area contributed by atoms with Gasteiger partial charge in [0.15, 0.2) is 5.79 Å². The predicted molar refractivity (Wildman–Crippen MR) is 173 cm³/mol. The molecule has 0 spiro atoms. The molecule has 38 heavy (non-hydrogen) atoms. The van der Waals surface area contributed by atoms with Gasteiger partial charge in [0.2, 0.25) is 0 Å². The third-order valence-corrected chi connectivity index (χ3v) is 2.97. The van der Waals surface area contributed by atoms with Gasteiger partial charge in [-0.1, -0.05) is 121 Å². The molecule has 0 fully saturated rings. The minimum Gasteiger partial charge on any atom is -0.508 e. The first-order chi connectivity index (χ1) is 17.6. The monoisotopic (exact) mass is 540 g/mol. The Labute approximate surface area is 236 Å². The van der Waals surface area contributed by atoms with E-state index in [4.69, 9.17) is 20.4 Å². The van der Waals surface area contributed by atoms with E-state index in [1.165, 1.54) is 43.7 Å². The van der Waals surface area contributed by atoms with E-state index in [-0.39, 0.29) is 18.9 Å². The van der Waals surface area contributed by atoms with Crippen LogP contribution in [0.15, 0.2) is 60.7 Å². The summed E-state index contributed by atoms with van der Waals surface area (Å²) in [5, 5.41) is 45.0. The van der Waals surface area contributed by atoms with E-state index in [2.05, 4.69) is 0 Å². The van der Waals surface area contributed by atoms with Crippen molar-refractivity contribution in [3.8, 4) is 17.2 Å². The summed E-state index contributed by atoms with van der Waals surface area (Å²) in [6.07, 6.45) is 0. The highest BCUT2D eigenvalue weighted by molar-refractivity contribution is 5.90. The summed E-state index contributed by atoms with van der Waals surface area (Å²) >= 11 is 0. The second-order valence-electron chi connectivity index (χ2n) is 5.96. The normalized spacial score (nSPS) is 7.71. The van der Waals surface area contributed by atoms with Crippen LogP contribution in [0.2, 0.25) is 0 Å². The van der Waals surface area contributed by atoms with Gasteiger partial charge in [0.05, 0.1) is 0 Å². The van der Waals surface area contributed by atoms with Crippen LogP contribution in [0.1, 0.15) is 110 Å². The summed E-state index contributed by atoms with van der Waals surface area (Å²) in [6.45, 7) is 28.6. The van der Waals surface area contributed by atoms with E-state index in [9.17, 15) is 5.11 Å². The molecule has 226 valence electrons. The van der Waals surface area contributed by atoms with E-state index in [1.807, 2.05) is 120 Å². The second kappa shape index (κ2) is 38.8. The van der Waals surface area contributed by atoms with Crippen LogP contribution in [0.25, 0.3) is 10.8 Å². The molecule has 3 rings (SSSR count). The molecule has 3 aromatic rings. The minimum absolute atomic E-state index is 0. The smallest absolute Gasteiger partial charge is 0.156 e. The molecule has 0 bridgehead atoms. The Morgan fingerprint density at radius 1 is 0.474 bits per heavy atom. The molecular formula is C33H64O5. The molecule has 0 saturated carbocycles. The Hall–Kier alpha value is -2.76. The number of aromatic hydroxyl groups is 3. The van der Waals surface area contributed by atoms with Crippen molar-refractivity contribution in [1.82, 2.24) is 0 Å². The molecule has 0 unspecified atom stereocenters. The summed E-state index contributed by atoms with van der Waals surface area (Å²) in [5.41, 5.74) is 1.20. The van der Waals surface area contributed by atoms with Crippen LogP contribution in [-0.4, -0.2) is 31.3 Å². The molecule has 0 aromatic heterocycles. The van der Waals surface area contributed by atoms with Crippen molar-refractivity contribution in [3.63, 3.8) is 0 Å². The number of hydrogen-bond donors (Lipinski definition) is 5. The highest BCUT2D eigenvalue weighted by Crippen LogP contribution is 2.26. The molecule has 0 aliphatic carbocycles. The van der Waals surface area contributed by atoms with Crippen molar-refractivity contribution in [2.45, 2.75) is 117 Å². The first kappa shape index (κ1) is 51.8. The number of rotatable bonds is 0. The molecule has 3 aromatic carbocycles. The van der Waals surface area contributed by atoms with Crippen LogP contribution in [0.3, 0.4) is 0 Å². The average Bonchev–Trinajstić information content (AvgIpc) is 2.94. The molecule has 0 heterocycles. The SMILES string of the molecule is C.CC.CC.CC.CC.CC.CC.CC(C)(O)O.Cc1ccc(O)c2ccccc12.Oc1ccc(O)cc1. The van der Waals surface area contributed by atoms with Gasteiger partial charge >= 0.3 is 0 Å². The second-order valence-corrected chi connectivity index (χ2v) is 5.96. The van der Waals surface area contributed by atoms with Crippen LogP contribution in [-0.2, 0) is 0 Å². The Bertz CT molecular complexity index is 725. The predicted octanol–water partition coefficient (Wildman–Crippen LogP) is 10.5. The van der Waals surface area contributed by atoms with Gasteiger partial charge in [-0.05, 0) is 62.1 Å². The summed E-state index contributed by atoms with van der Waals surface area (Å²) in [7, 11) is 0. The Morgan fingerprint density at radius 2 is 0.737 bits per heavy atom. The summed E-state index contributed by atoms with van der Waals surface area (Å²) < 4.78 is 0. The van der Waals surface area contributed by atoms with Crippen LogP contribution >= 0.6 is 0 Å². The number of benzene rings is 3. The van der Waals surface area contributed by atoms with E-state index < -0.39 is 5.79 Å². The molecule has 0 radical (unpaired) electrons. The molecule has 0 amide bonds. The van der Waals surface area contributed by atoms with E-state index in [1.54, 1.807) is 6.07 Å². The zero-order valence-corrected chi connectivity index (χ0v) is 26.5. The van der Waals surface area contributed by atoms with Gasteiger partial charge in [0, 0.05) is 5.39 Å². The Kier molecular flexibility index (Phi) is 52.8. The van der Waals surface area contributed by atoms with E-state index >= 15 is 0 Å². The molecule has 0 atom stereocenters. The molecule has 5 nitrogen and oxygen atoms in total. The maximum Gasteiger partial charge on any atom is 0.156 e. The average molecular weight is 541 g/mol. The topological polar surface area (TPSA) is 101 Å². The van der Waals surface area contributed by atoms with Crippen molar-refractivity contribution in [3.05, 3.63) is 66.2 Å². The fourth-order valence-electron chi connectivity index (χ4n) is 1.89. The molecule has 0 aliphatic heterocycles. The summed E-state index contributed by atoms with van der Waals surface area (Å²) in [4.78, 5) is 0. The maximum atomic E-state index is 9.50. The summed E-state index contributed by atoms with van der Waals surface area (Å²) in [5.74, 6) is -0.804. The molecular weight excluding hydrogens is 476 g/mol. The lowest BCUT2D eigenvalue weighted by Crippen LogP contribution is -2.15. The van der Waals surface area contributed by atoms with Gasteiger partial charge in [0.1, 0.15) is 17.2 Å². The quantitative estimate of drug-likeness (QED) is 0.144. The van der Waals surface area contributed by atoms with E-state index in [0.29, 0.717) is 5.75 Å². The zero-order valence-electron chi connectivity index (χ0n) is 26.5. The van der Waals surface area contributed by atoms with Crippen molar-refractivity contribution in [2.75, 3.05) is 0 Å². The van der Waals surface area contributed by atoms with Gasteiger partial charge < -0.3 is 25.5 Å². The fraction of sp³-hybridized carbons (Fsp3) is 0.515. The van der Waals surface area contributed by atoms with Crippen LogP contribution in [0.5, 0.6) is 17.2 Å². The third kappa shape index (κ3) is 35.4. The van der Waals surface area contributed by atoms with Gasteiger partial charge in [0.25, 0.3) is 0 Å². The first-order valence-corrected chi connectivity index (χ1v) is 13.7. The number of hydrogen-bond acceptors (Lipinski definition) is 5. The van der Waals surface area contributed by atoms with Gasteiger partial charge in [-0.3, -0.25) is 0 Å². The largest absolute Gasteiger partial charge is 0.508 e. The van der Waals surface area contributed by atoms with Crippen molar-refractivity contribution in [2.24, 2.45) is 0 Å². The van der Waals surface area contributed by atoms with Crippen molar-refractivity contribution >= 4 is 10.8 Å². The lowest BCUT2D eigenvalue weighted by atomic mass is 10.1. The van der Waals surface area contributed by atoms with Crippen LogP contribution < -0.4 is 0 Å². The lowest BCUT2D eigenvalue weighted by Gasteiger charge is -2.03. The highest BCUT2D eigenvalue weighted by atomic mass is 16.5. The molecule has 5 heteroatoms. The Balaban J connectivity index is -0.0000000654. The van der Waals surface area contributed by atoms with Gasteiger partial charge in [-0.2, -0.15) is 0 Å². The van der Waals surface area contributed by atoms with Crippen molar-refractivity contribution in [1.29, 1.82) is 0 Å². The van der Waals surface area contributed by atoms with Crippen LogP contribution in [0, 0.1) is 6.92 Å². The first-order valence-electron chi connectivity index (χ1n) is 13.7. The molecule has 0 aliphatic rings. The maximum absolute atomic E-state index is 9.50. The van der Waals surface area contributed by atoms with E-state index in [0.717, 1.165) is 10.8 Å². The zero-order chi connectivity index (χ0) is 31.0. The Morgan fingerprint density at radius 3 is 1.00 bits per heavy atom. The highest BCUT2D eigenvalue weighted by Gasteiger charge is 2.00. The van der Waals surface area contributed by atoms with Gasteiger partial charge in [-0.15, -0.1) is 0 Å². The number of phenols is 3. The number of phenolic OH excluding ortho intramolecular Hbond substituents is 3. The fourth-order valence-corrected chi connectivity index (χ4v) is 1.89. The molecule has 5 N–H and O–H groups in total. The number of aryl methyl sites for hydroxylation is 1. The number of aliphatic hydroxyl groups is 2. The third-order valence-electron chi connectivity index (χ3n) is 2.97. The summed E-state index contributed by atoms with van der Waals surface area (Å²) in [6, 6.07) is 17.2. The minimum atomic E-state index is -1.50. The molecule has 0 saturated heterocycles. The number of fused-ring (bicyclic) bond motifs is 1. The lowest BCUT2D eigenvalue weighted by molar-refractivity contribution is -0.127. The van der Waals surface area contributed by atoms with Crippen molar-refractivity contribution < 1.29 is 25.5 Å². The van der Waals surface area contributed by atoms with Gasteiger partial charge in [-0.25, -0.2) is 0 Å². The standard InChI is InChI=1S/C11H10O.C6H6O2.C3H8O2.6C2H6.CH4/c1-8-6-7-11(12)10-5-3-2-4-9(8)10;7-5-1-2-6(8)4-3-5;1-3(2,4)5;6*1-2;/h2-7,12H,1H3;1-4,7-8H;4-5H,1-2H3;6*1-2H3;1H4.